The number of aliphatic hydroxyl groups is 4. The van der Waals surface area contributed by atoms with Crippen molar-refractivity contribution in [3.63, 3.8) is 0 Å². The molecule has 0 aromatic carbocycles. The van der Waals surface area contributed by atoms with Crippen LogP contribution in [0.15, 0.2) is 0 Å². The second-order valence-electron chi connectivity index (χ2n) is 4.84. The summed E-state index contributed by atoms with van der Waals surface area (Å²) in [6.45, 7) is -0.431. The van der Waals surface area contributed by atoms with Crippen molar-refractivity contribution in [2.75, 3.05) is 27.7 Å². The van der Waals surface area contributed by atoms with Crippen molar-refractivity contribution >= 4 is 0 Å². The average Bonchev–Trinajstić information content (AvgIpc) is 2.09. The first kappa shape index (κ1) is 12.8. The molecule has 1 aliphatic rings. The van der Waals surface area contributed by atoms with Crippen LogP contribution in [0.1, 0.15) is 0 Å². The highest BCUT2D eigenvalue weighted by molar-refractivity contribution is 4.89. The first-order valence-corrected chi connectivity index (χ1v) is 4.90. The van der Waals surface area contributed by atoms with E-state index in [-0.39, 0.29) is 4.48 Å². The number of quaternary nitrogens is 1. The number of ether oxygens (including phenoxy) is 1. The summed E-state index contributed by atoms with van der Waals surface area (Å²) in [6.07, 6.45) is -4.43. The molecule has 0 aromatic heterocycles. The molecule has 1 heterocycles. The lowest BCUT2D eigenvalue weighted by Crippen LogP contribution is -2.67. The Hall–Kier alpha value is -0.240. The van der Waals surface area contributed by atoms with Crippen LogP contribution in [0.4, 0.5) is 0 Å². The number of likely N-dealkylation sites (N-methyl/N-ethyl adjacent to an activating group) is 1. The standard InChI is InChI=1S/C9H20NO5/c1-10(2,3)6-8(13)7(12)5(4-11)15-9(6)14/h5-9,11-14H,4H2,1-3H3/q+1/t5-,6-,7-,8-,9+/m1/s1. The fraction of sp³-hybridized carbons (Fsp3) is 1.00. The number of rotatable bonds is 2. The Bertz CT molecular complexity index is 217. The van der Waals surface area contributed by atoms with E-state index in [0.717, 1.165) is 0 Å². The van der Waals surface area contributed by atoms with Crippen LogP contribution in [0.3, 0.4) is 0 Å². The van der Waals surface area contributed by atoms with E-state index in [1.54, 1.807) is 21.1 Å². The van der Waals surface area contributed by atoms with Crippen LogP contribution in [0.2, 0.25) is 0 Å². The normalized spacial score (nSPS) is 43.0. The van der Waals surface area contributed by atoms with E-state index in [9.17, 15) is 15.3 Å². The lowest BCUT2D eigenvalue weighted by Gasteiger charge is -2.46. The van der Waals surface area contributed by atoms with Crippen LogP contribution < -0.4 is 0 Å². The summed E-state index contributed by atoms with van der Waals surface area (Å²) in [6, 6.07) is -0.636. The molecule has 0 amide bonds. The summed E-state index contributed by atoms with van der Waals surface area (Å²) in [7, 11) is 5.35. The number of hydrogen-bond donors (Lipinski definition) is 4. The minimum absolute atomic E-state index is 0.261. The molecule has 1 aliphatic heterocycles. The molecule has 6 heteroatoms. The molecule has 6 nitrogen and oxygen atoms in total. The summed E-state index contributed by atoms with van der Waals surface area (Å²) in [5.74, 6) is 0. The van der Waals surface area contributed by atoms with Crippen molar-refractivity contribution in [3.8, 4) is 0 Å². The van der Waals surface area contributed by atoms with Gasteiger partial charge in [-0.1, -0.05) is 0 Å². The molecule has 0 radical (unpaired) electrons. The highest BCUT2D eigenvalue weighted by Gasteiger charge is 2.50. The summed E-state index contributed by atoms with van der Waals surface area (Å²) < 4.78 is 5.30. The topological polar surface area (TPSA) is 90.2 Å². The van der Waals surface area contributed by atoms with Crippen molar-refractivity contribution in [1.82, 2.24) is 0 Å². The summed E-state index contributed by atoms with van der Waals surface area (Å²) in [5, 5.41) is 38.0. The second kappa shape index (κ2) is 4.32. The molecule has 1 fully saturated rings. The molecular formula is C9H20NO5+. The van der Waals surface area contributed by atoms with Crippen LogP contribution >= 0.6 is 0 Å². The van der Waals surface area contributed by atoms with Crippen molar-refractivity contribution in [2.45, 2.75) is 30.6 Å². The molecule has 0 saturated carbocycles. The van der Waals surface area contributed by atoms with E-state index in [4.69, 9.17) is 9.84 Å². The van der Waals surface area contributed by atoms with Crippen molar-refractivity contribution in [2.24, 2.45) is 0 Å². The van der Waals surface area contributed by atoms with Crippen LogP contribution in [-0.4, -0.2) is 83.3 Å². The quantitative estimate of drug-likeness (QED) is 0.388. The Balaban J connectivity index is 2.84. The Morgan fingerprint density at radius 3 is 2.00 bits per heavy atom. The maximum atomic E-state index is 9.83. The number of aliphatic hydroxyl groups excluding tert-OH is 4. The zero-order valence-corrected chi connectivity index (χ0v) is 9.24. The molecule has 1 saturated heterocycles. The molecule has 1 rings (SSSR count). The van der Waals surface area contributed by atoms with Crippen LogP contribution in [-0.2, 0) is 4.74 Å². The van der Waals surface area contributed by atoms with Gasteiger partial charge >= 0.3 is 0 Å². The lowest BCUT2D eigenvalue weighted by molar-refractivity contribution is -0.909. The fourth-order valence-electron chi connectivity index (χ4n) is 1.92. The number of hydrogen-bond acceptors (Lipinski definition) is 5. The minimum atomic E-state index is -1.19. The largest absolute Gasteiger partial charge is 0.394 e. The highest BCUT2D eigenvalue weighted by atomic mass is 16.6. The smallest absolute Gasteiger partial charge is 0.211 e. The zero-order valence-electron chi connectivity index (χ0n) is 9.24. The molecule has 90 valence electrons. The van der Waals surface area contributed by atoms with Crippen molar-refractivity contribution in [3.05, 3.63) is 0 Å². The maximum absolute atomic E-state index is 9.83. The molecule has 0 aliphatic carbocycles. The van der Waals surface area contributed by atoms with Crippen molar-refractivity contribution < 1.29 is 29.6 Å². The molecule has 0 bridgehead atoms. The zero-order chi connectivity index (χ0) is 11.8. The molecule has 0 spiro atoms. The van der Waals surface area contributed by atoms with E-state index in [1.165, 1.54) is 0 Å². The molecule has 4 N–H and O–H groups in total. The van der Waals surface area contributed by atoms with Gasteiger partial charge in [-0.15, -0.1) is 0 Å². The fourth-order valence-corrected chi connectivity index (χ4v) is 1.92. The van der Waals surface area contributed by atoms with E-state index < -0.39 is 37.3 Å². The van der Waals surface area contributed by atoms with Gasteiger partial charge in [0.1, 0.15) is 18.3 Å². The van der Waals surface area contributed by atoms with Gasteiger partial charge in [0.25, 0.3) is 0 Å². The SMILES string of the molecule is C[N+](C)(C)[C@@H]1[C@@H](O)[C@H](O)[C@@H](CO)O[C@@H]1O. The van der Waals surface area contributed by atoms with Crippen molar-refractivity contribution in [1.29, 1.82) is 0 Å². The predicted octanol–water partition coefficient (Wildman–Crippen LogP) is -2.51. The Morgan fingerprint density at radius 2 is 1.60 bits per heavy atom. The van der Waals surface area contributed by atoms with Crippen LogP contribution in [0.5, 0.6) is 0 Å². The van der Waals surface area contributed by atoms with E-state index in [0.29, 0.717) is 0 Å². The third-order valence-electron chi connectivity index (χ3n) is 2.76. The van der Waals surface area contributed by atoms with Gasteiger partial charge in [0.2, 0.25) is 6.29 Å². The summed E-state index contributed by atoms with van der Waals surface area (Å²) in [4.78, 5) is 0. The third-order valence-corrected chi connectivity index (χ3v) is 2.76. The first-order valence-electron chi connectivity index (χ1n) is 4.90. The Morgan fingerprint density at radius 1 is 1.07 bits per heavy atom. The van der Waals surface area contributed by atoms with E-state index >= 15 is 0 Å². The Labute approximate surface area is 88.9 Å². The van der Waals surface area contributed by atoms with Gasteiger partial charge in [0.05, 0.1) is 27.7 Å². The summed E-state index contributed by atoms with van der Waals surface area (Å²) >= 11 is 0. The van der Waals surface area contributed by atoms with Gasteiger partial charge in [-0.2, -0.15) is 0 Å². The third kappa shape index (κ3) is 2.47. The monoisotopic (exact) mass is 222 g/mol. The van der Waals surface area contributed by atoms with E-state index in [1.807, 2.05) is 0 Å². The lowest BCUT2D eigenvalue weighted by atomic mass is 9.95. The predicted molar refractivity (Wildman–Crippen MR) is 51.8 cm³/mol. The first-order chi connectivity index (χ1) is 6.79. The van der Waals surface area contributed by atoms with Crippen LogP contribution in [0, 0.1) is 0 Å². The van der Waals surface area contributed by atoms with Gasteiger partial charge < -0.3 is 29.6 Å². The minimum Gasteiger partial charge on any atom is -0.394 e. The van der Waals surface area contributed by atoms with Gasteiger partial charge in [-0.05, 0) is 0 Å². The van der Waals surface area contributed by atoms with Crippen LogP contribution in [0.25, 0.3) is 0 Å². The summed E-state index contributed by atoms with van der Waals surface area (Å²) in [5.41, 5.74) is 0. The Kier molecular flexibility index (Phi) is 3.70. The van der Waals surface area contributed by atoms with E-state index in [2.05, 4.69) is 0 Å². The molecule has 0 aromatic rings. The average molecular weight is 222 g/mol. The van der Waals surface area contributed by atoms with Gasteiger partial charge in [0.15, 0.2) is 6.04 Å². The van der Waals surface area contributed by atoms with Gasteiger partial charge in [-0.3, -0.25) is 0 Å². The number of nitrogens with zero attached hydrogens (tertiary/aromatic N) is 1. The van der Waals surface area contributed by atoms with Gasteiger partial charge in [0, 0.05) is 0 Å². The highest BCUT2D eigenvalue weighted by Crippen LogP contribution is 2.25. The van der Waals surface area contributed by atoms with Gasteiger partial charge in [-0.25, -0.2) is 0 Å². The maximum Gasteiger partial charge on any atom is 0.211 e. The molecule has 0 unspecified atom stereocenters. The molecule has 15 heavy (non-hydrogen) atoms. The molecular weight excluding hydrogens is 202 g/mol. The molecule has 5 atom stereocenters. The second-order valence-corrected chi connectivity index (χ2v) is 4.84.